The number of aryl methyl sites for hydroxylation is 1. The number of hydrogen-bond acceptors (Lipinski definition) is 6. The van der Waals surface area contributed by atoms with Gasteiger partial charge in [-0.15, -0.1) is 11.3 Å². The van der Waals surface area contributed by atoms with Crippen molar-refractivity contribution in [2.75, 3.05) is 30.5 Å². The summed E-state index contributed by atoms with van der Waals surface area (Å²) in [5.74, 6) is 1.01. The van der Waals surface area contributed by atoms with Crippen molar-refractivity contribution in [1.29, 1.82) is 0 Å². The highest BCUT2D eigenvalue weighted by atomic mass is 32.2. The Bertz CT molecular complexity index is 356. The van der Waals surface area contributed by atoms with Crippen LogP contribution in [0.25, 0.3) is 0 Å². The van der Waals surface area contributed by atoms with Crippen molar-refractivity contribution < 1.29 is 9.53 Å². The molecule has 18 heavy (non-hydrogen) atoms. The molecule has 1 aromatic rings. The number of thiazole rings is 1. The van der Waals surface area contributed by atoms with Crippen molar-refractivity contribution in [2.45, 2.75) is 26.2 Å². The van der Waals surface area contributed by atoms with Crippen LogP contribution in [0.3, 0.4) is 0 Å². The molecule has 0 unspecified atom stereocenters. The van der Waals surface area contributed by atoms with Gasteiger partial charge in [0, 0.05) is 18.3 Å². The summed E-state index contributed by atoms with van der Waals surface area (Å²) in [6.45, 7) is 3.21. The van der Waals surface area contributed by atoms with Crippen LogP contribution in [-0.4, -0.2) is 36.1 Å². The zero-order valence-corrected chi connectivity index (χ0v) is 12.5. The summed E-state index contributed by atoms with van der Waals surface area (Å²) in [5, 5.41) is 6.23. The number of thioether (sulfide) groups is 1. The van der Waals surface area contributed by atoms with Crippen LogP contribution in [0.2, 0.25) is 0 Å². The quantitative estimate of drug-likeness (QED) is 0.559. The molecule has 102 valence electrons. The van der Waals surface area contributed by atoms with Gasteiger partial charge >= 0.3 is 5.97 Å². The van der Waals surface area contributed by atoms with E-state index >= 15 is 0 Å². The maximum absolute atomic E-state index is 11.2. The van der Waals surface area contributed by atoms with Crippen LogP contribution in [-0.2, 0) is 16.0 Å². The van der Waals surface area contributed by atoms with Gasteiger partial charge in [0.1, 0.15) is 0 Å². The van der Waals surface area contributed by atoms with Crippen LogP contribution in [0, 0.1) is 0 Å². The van der Waals surface area contributed by atoms with E-state index in [1.54, 1.807) is 11.3 Å². The van der Waals surface area contributed by atoms with Crippen molar-refractivity contribution in [3.63, 3.8) is 0 Å². The number of nitrogens with zero attached hydrogens (tertiary/aromatic N) is 1. The average Bonchev–Trinajstić information content (AvgIpc) is 2.81. The first-order valence-corrected chi connectivity index (χ1v) is 8.36. The lowest BCUT2D eigenvalue weighted by Gasteiger charge is -2.01. The lowest BCUT2D eigenvalue weighted by molar-refractivity contribution is -0.143. The van der Waals surface area contributed by atoms with E-state index in [9.17, 15) is 4.79 Å². The fraction of sp³-hybridized carbons (Fsp3) is 0.667. The Hall–Kier alpha value is -0.750. The van der Waals surface area contributed by atoms with Gasteiger partial charge in [0.15, 0.2) is 5.13 Å². The molecule has 1 aromatic heterocycles. The third-order valence-electron chi connectivity index (χ3n) is 2.24. The van der Waals surface area contributed by atoms with Gasteiger partial charge in [-0.05, 0) is 25.4 Å². The Morgan fingerprint density at radius 3 is 3.17 bits per heavy atom. The normalized spacial score (nSPS) is 10.3. The van der Waals surface area contributed by atoms with Crippen LogP contribution in [0.4, 0.5) is 5.13 Å². The zero-order chi connectivity index (χ0) is 13.2. The Morgan fingerprint density at radius 1 is 1.61 bits per heavy atom. The van der Waals surface area contributed by atoms with Gasteiger partial charge < -0.3 is 10.1 Å². The minimum Gasteiger partial charge on any atom is -0.466 e. The molecule has 0 saturated heterocycles. The molecule has 1 heterocycles. The molecule has 0 saturated carbocycles. The summed E-state index contributed by atoms with van der Waals surface area (Å²) in [6, 6.07) is 0. The van der Waals surface area contributed by atoms with E-state index in [0.29, 0.717) is 19.4 Å². The number of carbonyl (C=O) groups excluding carboxylic acids is 1. The molecule has 0 spiro atoms. The molecular formula is C12H20N2O2S2. The number of rotatable bonds is 9. The maximum atomic E-state index is 11.2. The van der Waals surface area contributed by atoms with Crippen molar-refractivity contribution in [2.24, 2.45) is 0 Å². The average molecular weight is 288 g/mol. The Kier molecular flexibility index (Phi) is 7.84. The Morgan fingerprint density at radius 2 is 2.44 bits per heavy atom. The van der Waals surface area contributed by atoms with Gasteiger partial charge in [0.05, 0.1) is 18.7 Å². The van der Waals surface area contributed by atoms with E-state index in [0.717, 1.165) is 29.5 Å². The summed E-state index contributed by atoms with van der Waals surface area (Å²) in [5.41, 5.74) is 0.959. The number of esters is 1. The van der Waals surface area contributed by atoms with Crippen LogP contribution in [0.15, 0.2) is 5.38 Å². The maximum Gasteiger partial charge on any atom is 0.306 e. The smallest absolute Gasteiger partial charge is 0.306 e. The molecular weight excluding hydrogens is 268 g/mol. The fourth-order valence-electron chi connectivity index (χ4n) is 1.38. The third-order valence-corrected chi connectivity index (χ3v) is 3.79. The highest BCUT2D eigenvalue weighted by Gasteiger charge is 2.06. The van der Waals surface area contributed by atoms with Crippen molar-refractivity contribution in [3.05, 3.63) is 11.1 Å². The SMILES string of the molecule is CCOC(=O)CCc1csc(NCCCSC)n1. The summed E-state index contributed by atoms with van der Waals surface area (Å²) >= 11 is 3.44. The molecule has 0 bridgehead atoms. The molecule has 0 atom stereocenters. The first-order chi connectivity index (χ1) is 8.76. The Labute approximate surface area is 117 Å². The van der Waals surface area contributed by atoms with Gasteiger partial charge in [-0.3, -0.25) is 4.79 Å². The van der Waals surface area contributed by atoms with Crippen LogP contribution >= 0.6 is 23.1 Å². The van der Waals surface area contributed by atoms with E-state index in [2.05, 4.69) is 16.6 Å². The van der Waals surface area contributed by atoms with E-state index in [1.165, 1.54) is 0 Å². The second-order valence-corrected chi connectivity index (χ2v) is 5.57. The molecule has 1 rings (SSSR count). The van der Waals surface area contributed by atoms with E-state index in [4.69, 9.17) is 4.74 Å². The number of aromatic nitrogens is 1. The van der Waals surface area contributed by atoms with Crippen LogP contribution in [0.1, 0.15) is 25.5 Å². The molecule has 0 radical (unpaired) electrons. The van der Waals surface area contributed by atoms with Crippen molar-refractivity contribution >= 4 is 34.2 Å². The number of hydrogen-bond donors (Lipinski definition) is 1. The summed E-state index contributed by atoms with van der Waals surface area (Å²) < 4.78 is 4.88. The fourth-order valence-corrected chi connectivity index (χ4v) is 2.58. The predicted molar refractivity (Wildman–Crippen MR) is 78.6 cm³/mol. The van der Waals surface area contributed by atoms with Crippen LogP contribution in [0.5, 0.6) is 0 Å². The molecule has 0 aromatic carbocycles. The number of ether oxygens (including phenoxy) is 1. The predicted octanol–water partition coefficient (Wildman–Crippen LogP) is 2.80. The summed E-state index contributed by atoms with van der Waals surface area (Å²) in [4.78, 5) is 15.6. The first-order valence-electron chi connectivity index (χ1n) is 6.09. The second kappa shape index (κ2) is 9.22. The lowest BCUT2D eigenvalue weighted by atomic mass is 10.2. The summed E-state index contributed by atoms with van der Waals surface area (Å²) in [7, 11) is 0. The van der Waals surface area contributed by atoms with E-state index < -0.39 is 0 Å². The molecule has 0 aliphatic carbocycles. The van der Waals surface area contributed by atoms with Crippen molar-refractivity contribution in [1.82, 2.24) is 4.98 Å². The zero-order valence-electron chi connectivity index (χ0n) is 10.9. The highest BCUT2D eigenvalue weighted by molar-refractivity contribution is 7.98. The van der Waals surface area contributed by atoms with Gasteiger partial charge in [-0.25, -0.2) is 4.98 Å². The van der Waals surface area contributed by atoms with E-state index in [1.807, 2.05) is 24.1 Å². The van der Waals surface area contributed by atoms with Crippen LogP contribution < -0.4 is 5.32 Å². The lowest BCUT2D eigenvalue weighted by Crippen LogP contribution is -2.05. The molecule has 0 aliphatic heterocycles. The largest absolute Gasteiger partial charge is 0.466 e. The second-order valence-electron chi connectivity index (χ2n) is 3.72. The first kappa shape index (κ1) is 15.3. The van der Waals surface area contributed by atoms with Crippen molar-refractivity contribution in [3.8, 4) is 0 Å². The standard InChI is InChI=1S/C12H20N2O2S2/c1-3-16-11(15)6-5-10-9-18-12(14-10)13-7-4-8-17-2/h9H,3-8H2,1-2H3,(H,13,14). The molecule has 0 aliphatic rings. The van der Waals surface area contributed by atoms with Gasteiger partial charge in [0.25, 0.3) is 0 Å². The molecule has 0 amide bonds. The minimum atomic E-state index is -0.153. The molecule has 0 fully saturated rings. The topological polar surface area (TPSA) is 51.2 Å². The number of anilines is 1. The highest BCUT2D eigenvalue weighted by Crippen LogP contribution is 2.16. The number of carbonyl (C=O) groups is 1. The third kappa shape index (κ3) is 6.26. The van der Waals surface area contributed by atoms with Gasteiger partial charge in [-0.2, -0.15) is 11.8 Å². The van der Waals surface area contributed by atoms with Gasteiger partial charge in [-0.1, -0.05) is 0 Å². The molecule has 1 N–H and O–H groups in total. The van der Waals surface area contributed by atoms with E-state index in [-0.39, 0.29) is 5.97 Å². The molecule has 6 heteroatoms. The Balaban J connectivity index is 2.23. The minimum absolute atomic E-state index is 0.153. The van der Waals surface area contributed by atoms with Gasteiger partial charge in [0.2, 0.25) is 0 Å². The number of nitrogens with one attached hydrogen (secondary N) is 1. The molecule has 4 nitrogen and oxygen atoms in total. The summed E-state index contributed by atoms with van der Waals surface area (Å²) in [6.07, 6.45) is 4.31. The monoisotopic (exact) mass is 288 g/mol.